The number of nitrogens with zero attached hydrogens (tertiary/aromatic N) is 2. The van der Waals surface area contributed by atoms with Crippen LogP contribution in [0.15, 0.2) is 17.1 Å². The number of esters is 1. The third kappa shape index (κ3) is 5.27. The van der Waals surface area contributed by atoms with Gasteiger partial charge in [0, 0.05) is 6.20 Å². The van der Waals surface area contributed by atoms with Crippen molar-refractivity contribution >= 4 is 31.3 Å². The van der Waals surface area contributed by atoms with E-state index in [1.165, 1.54) is 19.2 Å². The second-order valence-corrected chi connectivity index (χ2v) is 8.65. The highest BCUT2D eigenvalue weighted by Gasteiger charge is 2.46. The number of anilines is 1. The van der Waals surface area contributed by atoms with Gasteiger partial charge in [-0.05, 0) is 13.0 Å². The highest BCUT2D eigenvalue weighted by Crippen LogP contribution is 2.46. The maximum Gasteiger partial charge on any atom is 0.403 e. The smallest absolute Gasteiger partial charge is 0.403 e. The zero-order valence-electron chi connectivity index (χ0n) is 14.4. The predicted molar refractivity (Wildman–Crippen MR) is 94.6 cm³/mol. The molecule has 6 atom stereocenters. The first kappa shape index (κ1) is 21.8. The van der Waals surface area contributed by atoms with E-state index in [-0.39, 0.29) is 5.82 Å². The average molecular weight is 426 g/mol. The molecule has 1 saturated heterocycles. The summed E-state index contributed by atoms with van der Waals surface area (Å²) < 4.78 is 36.7. The molecule has 0 aliphatic carbocycles. The molecule has 5 N–H and O–H groups in total. The first-order valence-corrected chi connectivity index (χ1v) is 10.2. The summed E-state index contributed by atoms with van der Waals surface area (Å²) in [5, 5.41) is 10.1. The number of aliphatic hydroxyl groups excluding tert-OH is 1. The molecule has 0 aromatic carbocycles. The third-order valence-corrected chi connectivity index (χ3v) is 6.49. The van der Waals surface area contributed by atoms with Crippen LogP contribution < -0.4 is 16.5 Å². The van der Waals surface area contributed by atoms with E-state index in [1.807, 2.05) is 0 Å². The molecule has 2 heterocycles. The minimum atomic E-state index is -4.42. The number of methoxy groups -OCH3 is 1. The normalized spacial score (nSPS) is 28.5. The van der Waals surface area contributed by atoms with E-state index in [2.05, 4.69) is 14.8 Å². The lowest BCUT2D eigenvalue weighted by Crippen LogP contribution is -2.35. The molecular weight excluding hydrogens is 406 g/mol. The fourth-order valence-corrected chi connectivity index (χ4v) is 4.92. The van der Waals surface area contributed by atoms with Crippen molar-refractivity contribution in [3.8, 4) is 0 Å². The molecule has 2 unspecified atom stereocenters. The molecule has 0 saturated carbocycles. The van der Waals surface area contributed by atoms with Crippen molar-refractivity contribution in [2.45, 2.75) is 35.9 Å². The predicted octanol–water partition coefficient (Wildman–Crippen LogP) is -0.593. The van der Waals surface area contributed by atoms with Gasteiger partial charge in [0.05, 0.1) is 19.0 Å². The average Bonchev–Trinajstić information content (AvgIpc) is 2.87. The van der Waals surface area contributed by atoms with Crippen LogP contribution in [0.4, 0.5) is 10.2 Å². The van der Waals surface area contributed by atoms with Gasteiger partial charge in [-0.2, -0.15) is 4.98 Å². The molecule has 0 amide bonds. The van der Waals surface area contributed by atoms with Crippen LogP contribution >= 0.6 is 19.5 Å². The Morgan fingerprint density at radius 1 is 1.63 bits per heavy atom. The van der Waals surface area contributed by atoms with Gasteiger partial charge in [-0.3, -0.25) is 13.9 Å². The second kappa shape index (κ2) is 8.67. The lowest BCUT2D eigenvalue weighted by molar-refractivity contribution is -0.142. The quantitative estimate of drug-likeness (QED) is 0.325. The zero-order valence-corrected chi connectivity index (χ0v) is 16.1. The lowest BCUT2D eigenvalue weighted by Gasteiger charge is -2.20. The Hall–Kier alpha value is -1.50. The van der Waals surface area contributed by atoms with Crippen LogP contribution in [0.25, 0.3) is 0 Å². The van der Waals surface area contributed by atoms with Crippen molar-refractivity contribution in [3.63, 3.8) is 0 Å². The van der Waals surface area contributed by atoms with Gasteiger partial charge >= 0.3 is 19.4 Å². The molecule has 14 heteroatoms. The van der Waals surface area contributed by atoms with Crippen molar-refractivity contribution in [2.24, 2.45) is 0 Å². The van der Waals surface area contributed by atoms with E-state index >= 15 is 0 Å². The number of hydrogen-bond acceptors (Lipinski definition) is 9. The number of aliphatic hydroxyl groups is 1. The maximum absolute atomic E-state index is 14.4. The Bertz CT molecular complexity index is 796. The summed E-state index contributed by atoms with van der Waals surface area (Å²) in [4.78, 5) is 36.4. The van der Waals surface area contributed by atoms with Crippen molar-refractivity contribution in [2.75, 3.05) is 19.5 Å². The summed E-state index contributed by atoms with van der Waals surface area (Å²) in [6.45, 7) is 0.792. The first-order valence-electron chi connectivity index (χ1n) is 7.71. The number of carbonyl (C=O) groups is 1. The van der Waals surface area contributed by atoms with Crippen molar-refractivity contribution in [1.29, 1.82) is 0 Å². The van der Waals surface area contributed by atoms with Crippen molar-refractivity contribution in [3.05, 3.63) is 22.7 Å². The van der Waals surface area contributed by atoms with E-state index in [9.17, 15) is 28.5 Å². The van der Waals surface area contributed by atoms with Gasteiger partial charge in [0.1, 0.15) is 23.3 Å². The Morgan fingerprint density at radius 2 is 2.30 bits per heavy atom. The standard InChI is InChI=1S/C13H20FN4O7PS/c1-6(12(20)24-2)17-26(22,23)25-5-7-10(19)9(14)11(27-7)18-4-3-8(15)16-13(18)21/h3-4,6-7,9-11,19H,5H2,1-2H3,(H2,15,16,21)(H2,17,22,23)/t6-,7+,9-,10+,11?/m0/s1. The number of nitrogens with two attached hydrogens (primary N) is 1. The summed E-state index contributed by atoms with van der Waals surface area (Å²) in [5.41, 5.74) is 4.60. The number of carbonyl (C=O) groups excluding carboxylic acids is 1. The van der Waals surface area contributed by atoms with Gasteiger partial charge in [0.25, 0.3) is 0 Å². The minimum Gasteiger partial charge on any atom is -0.468 e. The molecule has 1 aliphatic heterocycles. The number of thioether (sulfide) groups is 1. The largest absolute Gasteiger partial charge is 0.468 e. The molecule has 1 aromatic rings. The van der Waals surface area contributed by atoms with Gasteiger partial charge in [-0.15, -0.1) is 11.8 Å². The van der Waals surface area contributed by atoms with Crippen molar-refractivity contribution < 1.29 is 33.0 Å². The minimum absolute atomic E-state index is 0.0258. The monoisotopic (exact) mass is 426 g/mol. The summed E-state index contributed by atoms with van der Waals surface area (Å²) >= 11 is 0.851. The SMILES string of the molecule is COC(=O)[C@H](C)NP(=O)(O)OC[C@H]1SC(n2ccc(N)nc2=O)[C@@H](F)[C@@H]1O. The summed E-state index contributed by atoms with van der Waals surface area (Å²) in [5.74, 6) is -0.802. The lowest BCUT2D eigenvalue weighted by atomic mass is 10.1. The summed E-state index contributed by atoms with van der Waals surface area (Å²) in [7, 11) is -3.30. The van der Waals surface area contributed by atoms with Gasteiger partial charge in [0.15, 0.2) is 6.17 Å². The number of aromatic nitrogens is 2. The Kier molecular flexibility index (Phi) is 7.00. The molecule has 2 rings (SSSR count). The van der Waals surface area contributed by atoms with Crippen LogP contribution in [0.1, 0.15) is 12.3 Å². The fourth-order valence-electron chi connectivity index (χ4n) is 2.37. The van der Waals surface area contributed by atoms with Crippen LogP contribution in [0.2, 0.25) is 0 Å². The number of nitrogen functional groups attached to an aromatic ring is 1. The van der Waals surface area contributed by atoms with Gasteiger partial charge in [-0.25, -0.2) is 18.8 Å². The van der Waals surface area contributed by atoms with E-state index in [1.54, 1.807) is 0 Å². The number of halogens is 1. The maximum atomic E-state index is 14.4. The van der Waals surface area contributed by atoms with Crippen LogP contribution in [-0.2, 0) is 18.6 Å². The number of hydrogen-bond donors (Lipinski definition) is 4. The first-order chi connectivity index (χ1) is 12.6. The van der Waals surface area contributed by atoms with E-state index < -0.39 is 55.0 Å². The summed E-state index contributed by atoms with van der Waals surface area (Å²) in [6.07, 6.45) is -2.14. The second-order valence-electron chi connectivity index (χ2n) is 5.73. The Balaban J connectivity index is 2.02. The molecule has 1 aliphatic rings. The highest BCUT2D eigenvalue weighted by molar-refractivity contribution is 8.00. The number of ether oxygens (including phenoxy) is 1. The molecule has 0 radical (unpaired) electrons. The molecule has 27 heavy (non-hydrogen) atoms. The molecule has 0 spiro atoms. The molecular formula is C13H20FN4O7PS. The summed E-state index contributed by atoms with van der Waals surface area (Å²) in [6, 6.07) is 0.193. The molecule has 1 fully saturated rings. The van der Waals surface area contributed by atoms with Crippen LogP contribution in [0, 0.1) is 0 Å². The van der Waals surface area contributed by atoms with Gasteiger partial charge in [0.2, 0.25) is 0 Å². The fraction of sp³-hybridized carbons (Fsp3) is 0.615. The van der Waals surface area contributed by atoms with Crippen LogP contribution in [-0.4, -0.2) is 62.8 Å². The van der Waals surface area contributed by atoms with E-state index in [0.717, 1.165) is 23.4 Å². The van der Waals surface area contributed by atoms with Crippen LogP contribution in [0.3, 0.4) is 0 Å². The number of alkyl halides is 1. The zero-order chi connectivity index (χ0) is 20.4. The van der Waals surface area contributed by atoms with Crippen molar-refractivity contribution in [1.82, 2.24) is 14.6 Å². The third-order valence-electron chi connectivity index (χ3n) is 3.74. The molecule has 1 aromatic heterocycles. The number of nitrogens with one attached hydrogen (secondary N) is 1. The Morgan fingerprint density at radius 3 is 2.89 bits per heavy atom. The number of rotatable bonds is 7. The van der Waals surface area contributed by atoms with E-state index in [4.69, 9.17) is 10.3 Å². The molecule has 11 nitrogen and oxygen atoms in total. The van der Waals surface area contributed by atoms with Gasteiger partial charge < -0.3 is 20.5 Å². The topological polar surface area (TPSA) is 166 Å². The Labute approximate surface area is 157 Å². The molecule has 152 valence electrons. The van der Waals surface area contributed by atoms with E-state index in [0.29, 0.717) is 0 Å². The molecule has 0 bridgehead atoms. The van der Waals surface area contributed by atoms with Crippen LogP contribution in [0.5, 0.6) is 0 Å². The van der Waals surface area contributed by atoms with Gasteiger partial charge in [-0.1, -0.05) is 0 Å². The highest BCUT2D eigenvalue weighted by atomic mass is 32.2.